The molecule has 0 spiro atoms. The molecule has 1 aromatic carbocycles. The minimum atomic E-state index is 0.814. The molecular weight excluding hydrogens is 246 g/mol. The Bertz CT molecular complexity index is 540. The molecule has 1 fully saturated rings. The summed E-state index contributed by atoms with van der Waals surface area (Å²) in [5.74, 6) is 0.814. The Labute approximate surface area is 121 Å². The standard InChI is InChI=1S/C17H25N3/c1-2-20(12-14-6-5-9-18-10-14)13-15-11-19-17-8-4-3-7-16(15)17/h3-4,7-8,11,14,18-19H,2,5-6,9-10,12-13H2,1H3. The summed E-state index contributed by atoms with van der Waals surface area (Å²) < 4.78 is 0. The van der Waals surface area contributed by atoms with Crippen LogP contribution in [0.5, 0.6) is 0 Å². The minimum Gasteiger partial charge on any atom is -0.361 e. The monoisotopic (exact) mass is 271 g/mol. The van der Waals surface area contributed by atoms with Crippen molar-refractivity contribution >= 4 is 10.9 Å². The number of hydrogen-bond acceptors (Lipinski definition) is 2. The molecule has 1 aliphatic heterocycles. The van der Waals surface area contributed by atoms with Gasteiger partial charge in [0.2, 0.25) is 0 Å². The van der Waals surface area contributed by atoms with Gasteiger partial charge in [-0.1, -0.05) is 25.1 Å². The summed E-state index contributed by atoms with van der Waals surface area (Å²) in [6, 6.07) is 8.59. The summed E-state index contributed by atoms with van der Waals surface area (Å²) in [7, 11) is 0. The predicted octanol–water partition coefficient (Wildman–Crippen LogP) is 2.99. The van der Waals surface area contributed by atoms with Crippen LogP contribution in [0.15, 0.2) is 30.5 Å². The van der Waals surface area contributed by atoms with Crippen molar-refractivity contribution in [3.63, 3.8) is 0 Å². The van der Waals surface area contributed by atoms with E-state index in [0.717, 1.165) is 19.0 Å². The second kappa shape index (κ2) is 6.42. The second-order valence-corrected chi connectivity index (χ2v) is 5.90. The molecule has 20 heavy (non-hydrogen) atoms. The fourth-order valence-electron chi connectivity index (χ4n) is 3.25. The molecule has 0 radical (unpaired) electrons. The summed E-state index contributed by atoms with van der Waals surface area (Å²) in [5, 5.41) is 4.89. The molecule has 1 aromatic heterocycles. The fourth-order valence-corrected chi connectivity index (χ4v) is 3.25. The third kappa shape index (κ3) is 3.05. The van der Waals surface area contributed by atoms with E-state index in [4.69, 9.17) is 0 Å². The Balaban J connectivity index is 1.67. The molecule has 3 rings (SSSR count). The highest BCUT2D eigenvalue weighted by atomic mass is 15.1. The largest absolute Gasteiger partial charge is 0.361 e. The van der Waals surface area contributed by atoms with Crippen molar-refractivity contribution in [2.75, 3.05) is 26.2 Å². The van der Waals surface area contributed by atoms with Crippen LogP contribution in [0.3, 0.4) is 0 Å². The van der Waals surface area contributed by atoms with E-state index in [9.17, 15) is 0 Å². The lowest BCUT2D eigenvalue weighted by atomic mass is 9.99. The first-order chi connectivity index (χ1) is 9.86. The number of hydrogen-bond donors (Lipinski definition) is 2. The molecule has 2 N–H and O–H groups in total. The van der Waals surface area contributed by atoms with Crippen LogP contribution in [0.1, 0.15) is 25.3 Å². The van der Waals surface area contributed by atoms with E-state index in [0.29, 0.717) is 0 Å². The van der Waals surface area contributed by atoms with E-state index in [1.54, 1.807) is 0 Å². The van der Waals surface area contributed by atoms with Crippen LogP contribution in [0.2, 0.25) is 0 Å². The van der Waals surface area contributed by atoms with Crippen LogP contribution >= 0.6 is 0 Å². The third-order valence-corrected chi connectivity index (χ3v) is 4.43. The number of piperidine rings is 1. The van der Waals surface area contributed by atoms with Gasteiger partial charge < -0.3 is 10.3 Å². The number of H-pyrrole nitrogens is 1. The van der Waals surface area contributed by atoms with Crippen LogP contribution in [-0.4, -0.2) is 36.1 Å². The molecular formula is C17H25N3. The molecule has 1 atom stereocenters. The average molecular weight is 271 g/mol. The van der Waals surface area contributed by atoms with Crippen LogP contribution in [0, 0.1) is 5.92 Å². The predicted molar refractivity (Wildman–Crippen MR) is 84.8 cm³/mol. The number of nitrogens with zero attached hydrogens (tertiary/aromatic N) is 1. The Hall–Kier alpha value is -1.32. The van der Waals surface area contributed by atoms with Gasteiger partial charge in [0.15, 0.2) is 0 Å². The maximum absolute atomic E-state index is 3.52. The average Bonchev–Trinajstić information content (AvgIpc) is 2.91. The number of nitrogens with one attached hydrogen (secondary N) is 2. The summed E-state index contributed by atoms with van der Waals surface area (Å²) in [6.07, 6.45) is 4.87. The van der Waals surface area contributed by atoms with E-state index >= 15 is 0 Å². The van der Waals surface area contributed by atoms with Gasteiger partial charge in [0, 0.05) is 30.2 Å². The van der Waals surface area contributed by atoms with Crippen LogP contribution in [0.4, 0.5) is 0 Å². The van der Waals surface area contributed by atoms with Gasteiger partial charge in [-0.25, -0.2) is 0 Å². The zero-order chi connectivity index (χ0) is 13.8. The Morgan fingerprint density at radius 2 is 2.20 bits per heavy atom. The SMILES string of the molecule is CCN(Cc1c[nH]c2ccccc12)CC1CCCNC1. The molecule has 0 aliphatic carbocycles. The molecule has 0 amide bonds. The van der Waals surface area contributed by atoms with Crippen molar-refractivity contribution in [2.45, 2.75) is 26.3 Å². The molecule has 2 heterocycles. The highest BCUT2D eigenvalue weighted by Gasteiger charge is 2.17. The van der Waals surface area contributed by atoms with Gasteiger partial charge in [-0.15, -0.1) is 0 Å². The summed E-state index contributed by atoms with van der Waals surface area (Å²) in [5.41, 5.74) is 2.67. The minimum absolute atomic E-state index is 0.814. The lowest BCUT2D eigenvalue weighted by Crippen LogP contribution is -2.38. The van der Waals surface area contributed by atoms with Gasteiger partial charge in [0.1, 0.15) is 0 Å². The van der Waals surface area contributed by atoms with Gasteiger partial charge in [-0.2, -0.15) is 0 Å². The van der Waals surface area contributed by atoms with E-state index in [1.807, 2.05) is 0 Å². The van der Waals surface area contributed by atoms with Gasteiger partial charge >= 0.3 is 0 Å². The topological polar surface area (TPSA) is 31.1 Å². The number of benzene rings is 1. The Morgan fingerprint density at radius 1 is 1.30 bits per heavy atom. The fraction of sp³-hybridized carbons (Fsp3) is 0.529. The lowest BCUT2D eigenvalue weighted by molar-refractivity contribution is 0.210. The van der Waals surface area contributed by atoms with Crippen molar-refractivity contribution < 1.29 is 0 Å². The molecule has 1 unspecified atom stereocenters. The van der Waals surface area contributed by atoms with Crippen molar-refractivity contribution in [1.82, 2.24) is 15.2 Å². The third-order valence-electron chi connectivity index (χ3n) is 4.43. The molecule has 1 aliphatic rings. The van der Waals surface area contributed by atoms with Crippen molar-refractivity contribution in [1.29, 1.82) is 0 Å². The zero-order valence-electron chi connectivity index (χ0n) is 12.4. The Morgan fingerprint density at radius 3 is 3.00 bits per heavy atom. The van der Waals surface area contributed by atoms with Gasteiger partial charge in [-0.3, -0.25) is 4.90 Å². The second-order valence-electron chi connectivity index (χ2n) is 5.90. The smallest absolute Gasteiger partial charge is 0.0457 e. The number of aromatic nitrogens is 1. The molecule has 3 heteroatoms. The summed E-state index contributed by atoms with van der Waals surface area (Å²) >= 11 is 0. The van der Waals surface area contributed by atoms with Crippen molar-refractivity contribution in [2.24, 2.45) is 5.92 Å². The highest BCUT2D eigenvalue weighted by Crippen LogP contribution is 2.20. The van der Waals surface area contributed by atoms with Gasteiger partial charge in [0.05, 0.1) is 0 Å². The van der Waals surface area contributed by atoms with Crippen LogP contribution in [-0.2, 0) is 6.54 Å². The quantitative estimate of drug-likeness (QED) is 0.876. The first kappa shape index (κ1) is 13.7. The van der Waals surface area contributed by atoms with Crippen molar-refractivity contribution in [3.05, 3.63) is 36.0 Å². The maximum Gasteiger partial charge on any atom is 0.0457 e. The number of fused-ring (bicyclic) bond motifs is 1. The number of aromatic amines is 1. The summed E-state index contributed by atoms with van der Waals surface area (Å²) in [6.45, 7) is 8.04. The molecule has 3 nitrogen and oxygen atoms in total. The molecule has 1 saturated heterocycles. The maximum atomic E-state index is 3.52. The van der Waals surface area contributed by atoms with Crippen molar-refractivity contribution in [3.8, 4) is 0 Å². The molecule has 108 valence electrons. The Kier molecular flexibility index (Phi) is 4.38. The first-order valence-corrected chi connectivity index (χ1v) is 7.85. The lowest BCUT2D eigenvalue weighted by Gasteiger charge is -2.29. The van der Waals surface area contributed by atoms with Gasteiger partial charge in [-0.05, 0) is 50.0 Å². The van der Waals surface area contributed by atoms with E-state index in [1.165, 1.54) is 48.9 Å². The van der Waals surface area contributed by atoms with E-state index < -0.39 is 0 Å². The van der Waals surface area contributed by atoms with E-state index in [-0.39, 0.29) is 0 Å². The normalized spacial score (nSPS) is 19.8. The molecule has 0 bridgehead atoms. The van der Waals surface area contributed by atoms with Crippen LogP contribution in [0.25, 0.3) is 10.9 Å². The highest BCUT2D eigenvalue weighted by molar-refractivity contribution is 5.82. The van der Waals surface area contributed by atoms with Gasteiger partial charge in [0.25, 0.3) is 0 Å². The van der Waals surface area contributed by atoms with Crippen LogP contribution < -0.4 is 5.32 Å². The number of para-hydroxylation sites is 1. The first-order valence-electron chi connectivity index (χ1n) is 7.85. The van der Waals surface area contributed by atoms with E-state index in [2.05, 4.69) is 52.6 Å². The summed E-state index contributed by atoms with van der Waals surface area (Å²) in [4.78, 5) is 5.96. The molecule has 0 saturated carbocycles. The zero-order valence-corrected chi connectivity index (χ0v) is 12.4. The number of rotatable bonds is 5. The molecule has 2 aromatic rings.